The van der Waals surface area contributed by atoms with Gasteiger partial charge < -0.3 is 18.8 Å². The maximum Gasteiger partial charge on any atom is 0.247 e. The quantitative estimate of drug-likeness (QED) is 0.166. The molecule has 10 aromatic rings. The van der Waals surface area contributed by atoms with Crippen molar-refractivity contribution < 1.29 is 4.42 Å². The predicted molar refractivity (Wildman–Crippen MR) is 263 cm³/mol. The van der Waals surface area contributed by atoms with Gasteiger partial charge in [-0.05, 0) is 126 Å². The van der Waals surface area contributed by atoms with E-state index in [1.165, 1.54) is 109 Å². The van der Waals surface area contributed by atoms with Crippen LogP contribution < -0.4 is 20.7 Å². The van der Waals surface area contributed by atoms with Gasteiger partial charge in [-0.1, -0.05) is 110 Å². The largest absolute Gasteiger partial charge is 0.456 e. The van der Waals surface area contributed by atoms with Gasteiger partial charge in [0.2, 0.25) is 6.71 Å². The zero-order valence-corrected chi connectivity index (χ0v) is 36.0. The van der Waals surface area contributed by atoms with E-state index in [2.05, 4.69) is 194 Å². The number of allylic oxidation sites excluding steroid dienone is 2. The van der Waals surface area contributed by atoms with Crippen molar-refractivity contribution in [1.82, 2.24) is 4.57 Å². The lowest BCUT2D eigenvalue weighted by Gasteiger charge is -2.49. The smallest absolute Gasteiger partial charge is 0.247 e. The van der Waals surface area contributed by atoms with Gasteiger partial charge in [0.25, 0.3) is 0 Å². The van der Waals surface area contributed by atoms with E-state index in [0.717, 1.165) is 29.7 Å². The van der Waals surface area contributed by atoms with Crippen molar-refractivity contribution in [2.75, 3.05) is 9.80 Å². The van der Waals surface area contributed by atoms with Crippen LogP contribution in [0.3, 0.4) is 0 Å². The summed E-state index contributed by atoms with van der Waals surface area (Å²) in [4.78, 5) is 5.23. The van der Waals surface area contributed by atoms with Gasteiger partial charge in [-0.25, -0.2) is 0 Å². The summed E-state index contributed by atoms with van der Waals surface area (Å²) in [5, 5.41) is 5.07. The van der Waals surface area contributed by atoms with Crippen molar-refractivity contribution in [3.63, 3.8) is 0 Å². The maximum atomic E-state index is 6.74. The minimum Gasteiger partial charge on any atom is -0.456 e. The zero-order valence-electron chi connectivity index (χ0n) is 35.2. The third-order valence-corrected chi connectivity index (χ3v) is 15.9. The van der Waals surface area contributed by atoms with E-state index < -0.39 is 0 Å². The van der Waals surface area contributed by atoms with Gasteiger partial charge in [-0.15, -0.1) is 11.3 Å². The average molecular weight is 816 g/mol. The Balaban J connectivity index is 1.15. The summed E-state index contributed by atoms with van der Waals surface area (Å²) >= 11 is 1.94. The van der Waals surface area contributed by atoms with Crippen LogP contribution in [0.2, 0.25) is 0 Å². The minimum atomic E-state index is -0.111. The number of hydrogen-bond acceptors (Lipinski definition) is 4. The molecule has 0 N–H and O–H groups in total. The molecule has 6 heteroatoms. The van der Waals surface area contributed by atoms with Crippen LogP contribution in [-0.4, -0.2) is 17.3 Å². The fraction of sp³-hybridized carbons (Fsp3) is 0.143. The Morgan fingerprint density at radius 2 is 1.44 bits per heavy atom. The summed E-state index contributed by atoms with van der Waals surface area (Å²) in [5.41, 5.74) is 21.4. The fourth-order valence-electron chi connectivity index (χ4n) is 12.0. The van der Waals surface area contributed by atoms with Crippen LogP contribution in [0, 0.1) is 19.3 Å². The lowest BCUT2D eigenvalue weighted by molar-refractivity contribution is 0.418. The Hall–Kier alpha value is -6.76. The molecule has 4 aliphatic rings. The highest BCUT2D eigenvalue weighted by atomic mass is 32.1. The van der Waals surface area contributed by atoms with Crippen molar-refractivity contribution in [3.8, 4) is 0 Å². The van der Waals surface area contributed by atoms with E-state index >= 15 is 0 Å². The summed E-state index contributed by atoms with van der Waals surface area (Å²) in [6.45, 7) is 9.49. The van der Waals surface area contributed by atoms with Crippen molar-refractivity contribution in [3.05, 3.63) is 179 Å². The van der Waals surface area contributed by atoms with Crippen LogP contribution in [0.1, 0.15) is 37.0 Å². The molecule has 1 aliphatic carbocycles. The summed E-state index contributed by atoms with van der Waals surface area (Å²) < 4.78 is 12.2. The van der Waals surface area contributed by atoms with Crippen LogP contribution in [-0.2, 0) is 6.42 Å². The molecule has 14 rings (SSSR count). The first kappa shape index (κ1) is 34.9. The Morgan fingerprint density at radius 3 is 2.26 bits per heavy atom. The molecular weight excluding hydrogens is 774 g/mol. The number of benzene rings is 7. The van der Waals surface area contributed by atoms with Gasteiger partial charge in [-0.2, -0.15) is 0 Å². The molecule has 6 heterocycles. The minimum absolute atomic E-state index is 0.0558. The topological polar surface area (TPSA) is 24.6 Å². The molecule has 7 aromatic carbocycles. The van der Waals surface area contributed by atoms with Crippen molar-refractivity contribution in [1.29, 1.82) is 0 Å². The van der Waals surface area contributed by atoms with E-state index in [0.29, 0.717) is 0 Å². The standard InChI is InChI=1S/C56H42BN3OS/c1-32-13-5-8-18-42(32)58(43-19-9-6-14-33(43)2)36-24-25-40-45(30-36)59-44-20-12-21-49-51(44)39-27-34(23-26-48(39)61-49)31-56(3,4)35-28-46(59)52-47(29-35)60-53-38(16-11-17-41(53)57(40)52)55-54(60)37-15-7-10-22-50(37)62-55/h5-27,29-30,46H,28,31H2,1-4H3. The van der Waals surface area contributed by atoms with Crippen LogP contribution in [0.5, 0.6) is 0 Å². The number of thiophene rings is 1. The molecule has 0 saturated carbocycles. The van der Waals surface area contributed by atoms with Gasteiger partial charge in [0.1, 0.15) is 11.2 Å². The molecule has 3 aromatic heterocycles. The number of aromatic nitrogens is 1. The molecule has 4 bridgehead atoms. The number of hydrogen-bond donors (Lipinski definition) is 0. The first-order valence-corrected chi connectivity index (χ1v) is 22.8. The molecule has 1 atom stereocenters. The molecule has 4 nitrogen and oxygen atoms in total. The van der Waals surface area contributed by atoms with Crippen LogP contribution >= 0.6 is 11.3 Å². The van der Waals surface area contributed by atoms with E-state index in [1.807, 2.05) is 11.3 Å². The second-order valence-electron chi connectivity index (χ2n) is 18.7. The highest BCUT2D eigenvalue weighted by Crippen LogP contribution is 2.54. The second-order valence-corrected chi connectivity index (χ2v) is 19.7. The summed E-state index contributed by atoms with van der Waals surface area (Å²) in [5.74, 6) is 0. The van der Waals surface area contributed by atoms with Gasteiger partial charge in [0.15, 0.2) is 0 Å². The van der Waals surface area contributed by atoms with Gasteiger partial charge in [0.05, 0.1) is 32.8 Å². The third kappa shape index (κ3) is 4.52. The van der Waals surface area contributed by atoms with Crippen LogP contribution in [0.15, 0.2) is 167 Å². The number of furan rings is 1. The molecular formula is C56H42BN3OS. The average Bonchev–Trinajstić information content (AvgIpc) is 3.95. The molecule has 0 fully saturated rings. The molecule has 0 saturated heterocycles. The molecule has 3 aliphatic heterocycles. The first-order chi connectivity index (χ1) is 30.3. The molecule has 0 spiro atoms. The molecule has 1 unspecified atom stereocenters. The number of aryl methyl sites for hydroxylation is 2. The summed E-state index contributed by atoms with van der Waals surface area (Å²) in [6.07, 6.45) is 4.51. The van der Waals surface area contributed by atoms with Gasteiger partial charge in [0, 0.05) is 49.3 Å². The predicted octanol–water partition coefficient (Wildman–Crippen LogP) is 13.8. The molecule has 0 radical (unpaired) electrons. The van der Waals surface area contributed by atoms with E-state index in [-0.39, 0.29) is 18.2 Å². The van der Waals surface area contributed by atoms with Crippen LogP contribution in [0.4, 0.5) is 28.4 Å². The Labute approximate surface area is 364 Å². The number of para-hydroxylation sites is 3. The van der Waals surface area contributed by atoms with Gasteiger partial charge >= 0.3 is 0 Å². The van der Waals surface area contributed by atoms with Crippen molar-refractivity contribution in [2.45, 2.75) is 46.6 Å². The fourth-order valence-corrected chi connectivity index (χ4v) is 13.2. The number of fused-ring (bicyclic) bond motifs is 13. The lowest BCUT2D eigenvalue weighted by Crippen LogP contribution is -2.60. The summed E-state index contributed by atoms with van der Waals surface area (Å²) in [7, 11) is 0. The highest BCUT2D eigenvalue weighted by Gasteiger charge is 2.49. The van der Waals surface area contributed by atoms with Gasteiger partial charge in [-0.3, -0.25) is 0 Å². The number of rotatable bonds is 3. The van der Waals surface area contributed by atoms with E-state index in [9.17, 15) is 0 Å². The SMILES string of the molecule is Cc1ccccc1N(c1ccc2c(c1)N1c3cccc4oc5ccc(cc5c34)CC(C)(C)C3=CC4=C(B2c2cccc5c6sc7ccccc7c6n4c25)C1C3)c1ccccc1C. The van der Waals surface area contributed by atoms with E-state index in [1.54, 1.807) is 0 Å². The molecule has 296 valence electrons. The third-order valence-electron chi connectivity index (χ3n) is 14.7. The Morgan fingerprint density at radius 1 is 0.677 bits per heavy atom. The first-order valence-electron chi connectivity index (χ1n) is 22.0. The highest BCUT2D eigenvalue weighted by molar-refractivity contribution is 7.26. The Kier molecular flexibility index (Phi) is 6.87. The lowest BCUT2D eigenvalue weighted by atomic mass is 9.31. The second kappa shape index (κ2) is 12.2. The monoisotopic (exact) mass is 815 g/mol. The number of anilines is 5. The normalized spacial score (nSPS) is 17.2. The maximum absolute atomic E-state index is 6.74. The zero-order chi connectivity index (χ0) is 41.2. The molecule has 62 heavy (non-hydrogen) atoms. The van der Waals surface area contributed by atoms with Crippen LogP contribution in [0.25, 0.3) is 58.8 Å². The van der Waals surface area contributed by atoms with Crippen molar-refractivity contribution >= 4 is 116 Å². The Bertz CT molecular complexity index is 3650. The number of nitrogens with zero attached hydrogens (tertiary/aromatic N) is 3. The molecule has 0 amide bonds. The van der Waals surface area contributed by atoms with Crippen molar-refractivity contribution in [2.24, 2.45) is 5.41 Å². The summed E-state index contributed by atoms with van der Waals surface area (Å²) in [6, 6.07) is 54.8. The van der Waals surface area contributed by atoms with E-state index in [4.69, 9.17) is 4.42 Å².